The smallest absolute Gasteiger partial charge is 0.341 e. The van der Waals surface area contributed by atoms with Crippen LogP contribution in [0.25, 0.3) is 10.7 Å². The van der Waals surface area contributed by atoms with Crippen LogP contribution in [0.2, 0.25) is 0 Å². The lowest BCUT2D eigenvalue weighted by atomic mass is 10.1. The number of carbonyl (C=O) groups excluding carboxylic acids is 2. The van der Waals surface area contributed by atoms with Gasteiger partial charge < -0.3 is 10.1 Å². The summed E-state index contributed by atoms with van der Waals surface area (Å²) in [6, 6.07) is 4.16. The molecule has 3 aromatic heterocycles. The fourth-order valence-electron chi connectivity index (χ4n) is 3.52. The predicted molar refractivity (Wildman–Crippen MR) is 121 cm³/mol. The van der Waals surface area contributed by atoms with Gasteiger partial charge in [-0.25, -0.2) is 4.79 Å². The molecule has 158 valence electrons. The molecule has 0 aromatic carbocycles. The summed E-state index contributed by atoms with van der Waals surface area (Å²) in [4.78, 5) is 27.1. The first-order chi connectivity index (χ1) is 14.5. The molecule has 0 saturated carbocycles. The molecule has 0 spiro atoms. The average molecular weight is 463 g/mol. The Morgan fingerprint density at radius 1 is 1.33 bits per heavy atom. The van der Waals surface area contributed by atoms with Crippen LogP contribution in [0.3, 0.4) is 0 Å². The molecule has 1 N–H and O–H groups in total. The number of fused-ring (bicyclic) bond motifs is 1. The normalized spacial score (nSPS) is 12.9. The van der Waals surface area contributed by atoms with Crippen LogP contribution in [-0.2, 0) is 22.4 Å². The molecule has 1 amide bonds. The molecule has 30 heavy (non-hydrogen) atoms. The average Bonchev–Trinajstić information content (AvgIpc) is 3.48. The number of aryl methyl sites for hydroxylation is 1. The number of nitrogens with zero attached hydrogens (tertiary/aromatic N) is 3. The van der Waals surface area contributed by atoms with Crippen LogP contribution in [0.1, 0.15) is 47.1 Å². The Balaban J connectivity index is 1.49. The van der Waals surface area contributed by atoms with Gasteiger partial charge in [0.1, 0.15) is 5.00 Å². The molecule has 0 bridgehead atoms. The third-order valence-corrected chi connectivity index (χ3v) is 7.83. The zero-order valence-corrected chi connectivity index (χ0v) is 19.4. The van der Waals surface area contributed by atoms with E-state index < -0.39 is 5.97 Å². The number of carbonyl (C=O) groups is 2. The van der Waals surface area contributed by atoms with Crippen molar-refractivity contribution in [3.63, 3.8) is 0 Å². The number of nitrogens with one attached hydrogen (secondary N) is 1. The summed E-state index contributed by atoms with van der Waals surface area (Å²) < 4.78 is 6.99. The Morgan fingerprint density at radius 2 is 2.17 bits per heavy atom. The standard InChI is InChI=1S/C20H22N4O3S3/c1-11(2)24-17(14-8-5-9-28-14)22-23-20(24)29-10-15(25)21-18-16(19(26)27-3)12-6-4-7-13(12)30-18/h5,8-9,11H,4,6-7,10H2,1-3H3,(H,21,25). The maximum absolute atomic E-state index is 12.7. The lowest BCUT2D eigenvalue weighted by molar-refractivity contribution is -0.113. The molecule has 10 heteroatoms. The number of esters is 1. The zero-order valence-electron chi connectivity index (χ0n) is 16.9. The summed E-state index contributed by atoms with van der Waals surface area (Å²) in [6.45, 7) is 4.14. The van der Waals surface area contributed by atoms with E-state index in [9.17, 15) is 9.59 Å². The Kier molecular flexibility index (Phi) is 6.26. The molecule has 0 radical (unpaired) electrons. The molecule has 0 saturated heterocycles. The number of hydrogen-bond acceptors (Lipinski definition) is 8. The number of rotatable bonds is 7. The molecule has 0 fully saturated rings. The number of hydrogen-bond donors (Lipinski definition) is 1. The predicted octanol–water partition coefficient (Wildman–Crippen LogP) is 4.66. The molecule has 0 unspecified atom stereocenters. The molecule has 1 aliphatic rings. The Morgan fingerprint density at radius 3 is 2.87 bits per heavy atom. The largest absolute Gasteiger partial charge is 0.465 e. The lowest BCUT2D eigenvalue weighted by Gasteiger charge is -2.13. The number of methoxy groups -OCH3 is 1. The van der Waals surface area contributed by atoms with Crippen molar-refractivity contribution in [3.8, 4) is 10.7 Å². The van der Waals surface area contributed by atoms with Crippen LogP contribution < -0.4 is 5.32 Å². The zero-order chi connectivity index (χ0) is 21.3. The van der Waals surface area contributed by atoms with Crippen LogP contribution in [0.5, 0.6) is 0 Å². The van der Waals surface area contributed by atoms with Crippen LogP contribution in [-0.4, -0.2) is 39.5 Å². The van der Waals surface area contributed by atoms with Crippen molar-refractivity contribution in [3.05, 3.63) is 33.5 Å². The summed E-state index contributed by atoms with van der Waals surface area (Å²) in [7, 11) is 1.37. The van der Waals surface area contributed by atoms with E-state index in [-0.39, 0.29) is 17.7 Å². The summed E-state index contributed by atoms with van der Waals surface area (Å²) in [5.74, 6) is 0.419. The van der Waals surface area contributed by atoms with Crippen LogP contribution in [0.15, 0.2) is 22.7 Å². The topological polar surface area (TPSA) is 86.1 Å². The molecular formula is C20H22N4O3S3. The Hall–Kier alpha value is -2.17. The van der Waals surface area contributed by atoms with Gasteiger partial charge in [0.2, 0.25) is 5.91 Å². The van der Waals surface area contributed by atoms with Crippen molar-refractivity contribution in [2.45, 2.75) is 44.3 Å². The van der Waals surface area contributed by atoms with Gasteiger partial charge in [-0.15, -0.1) is 32.9 Å². The summed E-state index contributed by atoms with van der Waals surface area (Å²) in [5, 5.41) is 14.8. The van der Waals surface area contributed by atoms with Gasteiger partial charge in [-0.2, -0.15) is 0 Å². The maximum atomic E-state index is 12.7. The highest BCUT2D eigenvalue weighted by Crippen LogP contribution is 2.39. The van der Waals surface area contributed by atoms with Gasteiger partial charge >= 0.3 is 5.97 Å². The van der Waals surface area contributed by atoms with E-state index in [4.69, 9.17) is 4.74 Å². The molecule has 7 nitrogen and oxygen atoms in total. The fourth-order valence-corrected chi connectivity index (χ4v) is 6.38. The highest BCUT2D eigenvalue weighted by Gasteiger charge is 2.28. The second kappa shape index (κ2) is 8.91. The van der Waals surface area contributed by atoms with Crippen LogP contribution in [0, 0.1) is 0 Å². The Labute approximate surface area is 186 Å². The number of amides is 1. The minimum absolute atomic E-state index is 0.161. The van der Waals surface area contributed by atoms with E-state index in [1.165, 1.54) is 35.1 Å². The van der Waals surface area contributed by atoms with Crippen molar-refractivity contribution in [1.29, 1.82) is 0 Å². The molecule has 0 aliphatic heterocycles. The van der Waals surface area contributed by atoms with Crippen molar-refractivity contribution in [2.24, 2.45) is 0 Å². The second-order valence-corrected chi connectivity index (χ2v) is 10.1. The molecule has 0 atom stereocenters. The molecule has 4 rings (SSSR count). The van der Waals surface area contributed by atoms with Crippen molar-refractivity contribution in [1.82, 2.24) is 14.8 Å². The highest BCUT2D eigenvalue weighted by atomic mass is 32.2. The van der Waals surface area contributed by atoms with E-state index in [1.54, 1.807) is 11.3 Å². The number of thioether (sulfide) groups is 1. The van der Waals surface area contributed by atoms with Crippen molar-refractivity contribution in [2.75, 3.05) is 18.2 Å². The van der Waals surface area contributed by atoms with E-state index in [0.29, 0.717) is 15.7 Å². The monoisotopic (exact) mass is 462 g/mol. The van der Waals surface area contributed by atoms with Crippen molar-refractivity contribution >= 4 is 51.3 Å². The van der Waals surface area contributed by atoms with E-state index in [2.05, 4.69) is 29.4 Å². The summed E-state index contributed by atoms with van der Waals surface area (Å²) >= 11 is 4.43. The number of aromatic nitrogens is 3. The molecule has 1 aliphatic carbocycles. The first kappa shape index (κ1) is 21.1. The Bertz CT molecular complexity index is 1070. The van der Waals surface area contributed by atoms with Crippen LogP contribution in [0.4, 0.5) is 5.00 Å². The van der Waals surface area contributed by atoms with Gasteiger partial charge in [0.25, 0.3) is 0 Å². The highest BCUT2D eigenvalue weighted by molar-refractivity contribution is 7.99. The van der Waals surface area contributed by atoms with Gasteiger partial charge in [-0.05, 0) is 50.1 Å². The minimum atomic E-state index is -0.391. The quantitative estimate of drug-likeness (QED) is 0.406. The van der Waals surface area contributed by atoms with Gasteiger partial charge in [0.05, 0.1) is 23.3 Å². The minimum Gasteiger partial charge on any atom is -0.465 e. The van der Waals surface area contributed by atoms with Crippen LogP contribution >= 0.6 is 34.4 Å². The number of ether oxygens (including phenoxy) is 1. The van der Waals surface area contributed by atoms with Gasteiger partial charge in [0.15, 0.2) is 11.0 Å². The molecular weight excluding hydrogens is 440 g/mol. The second-order valence-electron chi connectivity index (χ2n) is 7.14. The first-order valence-electron chi connectivity index (χ1n) is 9.63. The SMILES string of the molecule is COC(=O)c1c(NC(=O)CSc2nnc(-c3cccs3)n2C(C)C)sc2c1CCC2. The van der Waals surface area contributed by atoms with E-state index in [0.717, 1.165) is 35.5 Å². The maximum Gasteiger partial charge on any atom is 0.341 e. The van der Waals surface area contributed by atoms with Gasteiger partial charge in [-0.3, -0.25) is 9.36 Å². The lowest BCUT2D eigenvalue weighted by Crippen LogP contribution is -2.17. The third-order valence-electron chi connectivity index (χ3n) is 4.82. The fraction of sp³-hybridized carbons (Fsp3) is 0.400. The van der Waals surface area contributed by atoms with E-state index in [1.807, 2.05) is 22.1 Å². The number of anilines is 1. The summed E-state index contributed by atoms with van der Waals surface area (Å²) in [5.41, 5.74) is 1.54. The van der Waals surface area contributed by atoms with Gasteiger partial charge in [0, 0.05) is 10.9 Å². The van der Waals surface area contributed by atoms with Crippen molar-refractivity contribution < 1.29 is 14.3 Å². The first-order valence-corrected chi connectivity index (χ1v) is 12.3. The van der Waals surface area contributed by atoms with Gasteiger partial charge in [-0.1, -0.05) is 17.8 Å². The molecule has 3 heterocycles. The summed E-state index contributed by atoms with van der Waals surface area (Å²) in [6.07, 6.45) is 2.83. The number of thiophene rings is 2. The third kappa shape index (κ3) is 4.03. The van der Waals surface area contributed by atoms with E-state index >= 15 is 0 Å². The molecule has 3 aromatic rings.